The van der Waals surface area contributed by atoms with Gasteiger partial charge in [0.2, 0.25) is 0 Å². The molecule has 2 N–H and O–H groups in total. The third kappa shape index (κ3) is 1.18. The molecular formula is C12H14O4. The maximum absolute atomic E-state index is 10.1. The van der Waals surface area contributed by atoms with Crippen molar-refractivity contribution in [1.82, 2.24) is 0 Å². The molecule has 4 heteroatoms. The molecule has 0 aliphatic carbocycles. The van der Waals surface area contributed by atoms with Gasteiger partial charge in [0.1, 0.15) is 23.9 Å². The van der Waals surface area contributed by atoms with E-state index in [1.807, 2.05) is 30.3 Å². The Morgan fingerprint density at radius 1 is 1.12 bits per heavy atom. The van der Waals surface area contributed by atoms with E-state index in [4.69, 9.17) is 9.47 Å². The van der Waals surface area contributed by atoms with E-state index >= 15 is 0 Å². The summed E-state index contributed by atoms with van der Waals surface area (Å²) in [5, 5.41) is 19.8. The average molecular weight is 222 g/mol. The van der Waals surface area contributed by atoms with Gasteiger partial charge in [0, 0.05) is 0 Å². The smallest absolute Gasteiger partial charge is 0.150 e. The van der Waals surface area contributed by atoms with E-state index in [9.17, 15) is 10.2 Å². The molecular weight excluding hydrogens is 208 g/mol. The number of aliphatic hydroxyl groups excluding tert-OH is 2. The first-order valence-corrected chi connectivity index (χ1v) is 5.42. The monoisotopic (exact) mass is 222 g/mol. The Kier molecular flexibility index (Phi) is 2.26. The number of hydrogen-bond donors (Lipinski definition) is 2. The third-order valence-corrected chi connectivity index (χ3v) is 3.42. The number of hydrogen-bond acceptors (Lipinski definition) is 4. The Morgan fingerprint density at radius 3 is 2.62 bits per heavy atom. The topological polar surface area (TPSA) is 58.9 Å². The van der Waals surface area contributed by atoms with Gasteiger partial charge in [0.25, 0.3) is 0 Å². The van der Waals surface area contributed by atoms with E-state index in [1.54, 1.807) is 0 Å². The molecule has 2 aliphatic heterocycles. The fourth-order valence-corrected chi connectivity index (χ4v) is 2.66. The van der Waals surface area contributed by atoms with E-state index in [0.717, 1.165) is 5.56 Å². The quantitative estimate of drug-likeness (QED) is 0.704. The minimum absolute atomic E-state index is 0.205. The van der Waals surface area contributed by atoms with Crippen LogP contribution in [-0.2, 0) is 15.1 Å². The zero-order chi connectivity index (χ0) is 11.2. The lowest BCUT2D eigenvalue weighted by Crippen LogP contribution is -2.44. The maximum atomic E-state index is 10.1. The molecule has 0 bridgehead atoms. The van der Waals surface area contributed by atoms with Crippen LogP contribution in [0.15, 0.2) is 30.3 Å². The summed E-state index contributed by atoms with van der Waals surface area (Å²) in [5.74, 6) is 0. The predicted molar refractivity (Wildman–Crippen MR) is 55.8 cm³/mol. The zero-order valence-electron chi connectivity index (χ0n) is 8.74. The molecule has 0 aromatic heterocycles. The van der Waals surface area contributed by atoms with Crippen LogP contribution in [0.5, 0.6) is 0 Å². The largest absolute Gasteiger partial charge is 0.388 e. The lowest BCUT2D eigenvalue weighted by molar-refractivity contribution is -0.0818. The standard InChI is InChI=1S/C12H14O4/c13-9-6-16-12(8-4-2-1-3-5-8)10(14)7-15-11(9)12/h1-5,9-11,13-14H,6-7H2/t9-,10+,11-,12-/m1/s1. The van der Waals surface area contributed by atoms with Crippen LogP contribution in [0.1, 0.15) is 5.56 Å². The zero-order valence-corrected chi connectivity index (χ0v) is 8.74. The van der Waals surface area contributed by atoms with Crippen LogP contribution in [0.2, 0.25) is 0 Å². The molecule has 2 saturated heterocycles. The van der Waals surface area contributed by atoms with Gasteiger partial charge in [-0.2, -0.15) is 0 Å². The highest BCUT2D eigenvalue weighted by Gasteiger charge is 2.60. The Balaban J connectivity index is 2.08. The molecule has 0 radical (unpaired) electrons. The van der Waals surface area contributed by atoms with Crippen LogP contribution in [0, 0.1) is 0 Å². The van der Waals surface area contributed by atoms with Crippen molar-refractivity contribution in [2.75, 3.05) is 13.2 Å². The Hall–Kier alpha value is -0.940. The second-order valence-electron chi connectivity index (χ2n) is 4.31. The summed E-state index contributed by atoms with van der Waals surface area (Å²) in [5.41, 5.74) is -0.0257. The number of aliphatic hydroxyl groups is 2. The molecule has 0 saturated carbocycles. The van der Waals surface area contributed by atoms with Crippen molar-refractivity contribution in [1.29, 1.82) is 0 Å². The van der Waals surface area contributed by atoms with Crippen molar-refractivity contribution in [3.8, 4) is 0 Å². The van der Waals surface area contributed by atoms with Gasteiger partial charge >= 0.3 is 0 Å². The lowest BCUT2D eigenvalue weighted by atomic mass is 9.85. The van der Waals surface area contributed by atoms with Crippen molar-refractivity contribution in [2.24, 2.45) is 0 Å². The Bertz CT molecular complexity index is 380. The SMILES string of the molecule is O[C@@H]1CO[C@@]2(c3ccccc3)[C@@H]1OC[C@@H]2O. The molecule has 1 aromatic rings. The van der Waals surface area contributed by atoms with Gasteiger partial charge in [-0.15, -0.1) is 0 Å². The van der Waals surface area contributed by atoms with E-state index in [2.05, 4.69) is 0 Å². The third-order valence-electron chi connectivity index (χ3n) is 3.42. The number of ether oxygens (including phenoxy) is 2. The highest BCUT2D eigenvalue weighted by molar-refractivity contribution is 5.29. The Morgan fingerprint density at radius 2 is 1.88 bits per heavy atom. The molecule has 4 nitrogen and oxygen atoms in total. The van der Waals surface area contributed by atoms with E-state index in [0.29, 0.717) is 0 Å². The summed E-state index contributed by atoms with van der Waals surface area (Å²) in [6.45, 7) is 0.410. The van der Waals surface area contributed by atoms with Crippen LogP contribution >= 0.6 is 0 Å². The summed E-state index contributed by atoms with van der Waals surface area (Å²) in [4.78, 5) is 0. The van der Waals surface area contributed by atoms with Gasteiger partial charge in [-0.25, -0.2) is 0 Å². The predicted octanol–water partition coefficient (Wildman–Crippen LogP) is 0.0327. The molecule has 2 heterocycles. The Labute approximate surface area is 93.4 Å². The van der Waals surface area contributed by atoms with Gasteiger partial charge in [-0.1, -0.05) is 30.3 Å². The van der Waals surface area contributed by atoms with Gasteiger partial charge in [0.15, 0.2) is 0 Å². The van der Waals surface area contributed by atoms with Crippen LogP contribution in [0.25, 0.3) is 0 Å². The first-order valence-electron chi connectivity index (χ1n) is 5.42. The van der Waals surface area contributed by atoms with Gasteiger partial charge in [0.05, 0.1) is 13.2 Å². The van der Waals surface area contributed by atoms with E-state index < -0.39 is 23.9 Å². The van der Waals surface area contributed by atoms with Crippen molar-refractivity contribution >= 4 is 0 Å². The first-order chi connectivity index (χ1) is 7.75. The average Bonchev–Trinajstić information content (AvgIpc) is 2.82. The molecule has 86 valence electrons. The molecule has 0 spiro atoms. The fraction of sp³-hybridized carbons (Fsp3) is 0.500. The molecule has 0 unspecified atom stereocenters. The highest BCUT2D eigenvalue weighted by atomic mass is 16.6. The highest BCUT2D eigenvalue weighted by Crippen LogP contribution is 2.45. The van der Waals surface area contributed by atoms with Crippen molar-refractivity contribution in [3.05, 3.63) is 35.9 Å². The maximum Gasteiger partial charge on any atom is 0.150 e. The van der Waals surface area contributed by atoms with E-state index in [-0.39, 0.29) is 13.2 Å². The lowest BCUT2D eigenvalue weighted by Gasteiger charge is -2.30. The molecule has 3 rings (SSSR count). The molecule has 0 amide bonds. The summed E-state index contributed by atoms with van der Waals surface area (Å²) < 4.78 is 11.1. The normalized spacial score (nSPS) is 42.2. The molecule has 16 heavy (non-hydrogen) atoms. The van der Waals surface area contributed by atoms with Gasteiger partial charge < -0.3 is 19.7 Å². The summed E-state index contributed by atoms with van der Waals surface area (Å²) >= 11 is 0. The van der Waals surface area contributed by atoms with Crippen molar-refractivity contribution in [2.45, 2.75) is 23.9 Å². The number of benzene rings is 1. The molecule has 2 fully saturated rings. The van der Waals surface area contributed by atoms with Crippen LogP contribution in [0.3, 0.4) is 0 Å². The summed E-state index contributed by atoms with van der Waals surface area (Å²) in [6.07, 6.45) is -1.86. The summed E-state index contributed by atoms with van der Waals surface area (Å²) in [7, 11) is 0. The van der Waals surface area contributed by atoms with Gasteiger partial charge in [-0.05, 0) is 5.56 Å². The number of rotatable bonds is 1. The van der Waals surface area contributed by atoms with Crippen LogP contribution < -0.4 is 0 Å². The number of fused-ring (bicyclic) bond motifs is 1. The minimum atomic E-state index is -0.888. The molecule has 2 aliphatic rings. The van der Waals surface area contributed by atoms with Crippen LogP contribution in [0.4, 0.5) is 0 Å². The van der Waals surface area contributed by atoms with Gasteiger partial charge in [-0.3, -0.25) is 0 Å². The fourth-order valence-electron chi connectivity index (χ4n) is 2.66. The second-order valence-corrected chi connectivity index (χ2v) is 4.31. The van der Waals surface area contributed by atoms with Crippen molar-refractivity contribution in [3.63, 3.8) is 0 Å². The first kappa shape index (κ1) is 10.2. The van der Waals surface area contributed by atoms with Crippen molar-refractivity contribution < 1.29 is 19.7 Å². The summed E-state index contributed by atoms with van der Waals surface area (Å²) in [6, 6.07) is 9.47. The second kappa shape index (κ2) is 3.53. The minimum Gasteiger partial charge on any atom is -0.388 e. The van der Waals surface area contributed by atoms with E-state index in [1.165, 1.54) is 0 Å². The molecule has 4 atom stereocenters. The molecule has 1 aromatic carbocycles. The van der Waals surface area contributed by atoms with Crippen LogP contribution in [-0.4, -0.2) is 41.7 Å².